The van der Waals surface area contributed by atoms with E-state index in [0.717, 1.165) is 0 Å². The lowest BCUT2D eigenvalue weighted by molar-refractivity contribution is -0.172. The zero-order valence-electron chi connectivity index (χ0n) is 18.5. The molecule has 0 aliphatic heterocycles. The Balaban J connectivity index is 2.34. The van der Waals surface area contributed by atoms with Crippen molar-refractivity contribution < 1.29 is 28.6 Å². The SMILES string of the molecule is C=C[C@@H]1CC(C(=O)OC)(C(=O)OC)C[C@@]1(C(=O)OC(C)(C)C)n1cnc2c(Cl)ncnc21. The highest BCUT2D eigenvalue weighted by molar-refractivity contribution is 6.33. The van der Waals surface area contributed by atoms with Crippen LogP contribution in [-0.2, 0) is 34.1 Å². The molecule has 0 aromatic carbocycles. The quantitative estimate of drug-likeness (QED) is 0.216. The number of ether oxygens (including phenoxy) is 3. The van der Waals surface area contributed by atoms with E-state index in [1.807, 2.05) is 0 Å². The summed E-state index contributed by atoms with van der Waals surface area (Å²) in [5.74, 6) is -3.06. The molecule has 0 bridgehead atoms. The Labute approximate surface area is 189 Å². The van der Waals surface area contributed by atoms with E-state index in [1.165, 1.54) is 37.5 Å². The van der Waals surface area contributed by atoms with Gasteiger partial charge in [-0.05, 0) is 27.2 Å². The van der Waals surface area contributed by atoms with Crippen molar-refractivity contribution in [1.82, 2.24) is 19.5 Å². The molecule has 0 radical (unpaired) electrons. The van der Waals surface area contributed by atoms with Crippen LogP contribution in [0.5, 0.6) is 0 Å². The highest BCUT2D eigenvalue weighted by atomic mass is 35.5. The summed E-state index contributed by atoms with van der Waals surface area (Å²) in [7, 11) is 2.34. The minimum absolute atomic E-state index is 0.0897. The number of rotatable bonds is 5. The Morgan fingerprint density at radius 1 is 1.16 bits per heavy atom. The summed E-state index contributed by atoms with van der Waals surface area (Å²) in [5, 5.41) is 0.0911. The topological polar surface area (TPSA) is 123 Å². The number of aromatic nitrogens is 4. The summed E-state index contributed by atoms with van der Waals surface area (Å²) in [5.41, 5.74) is -3.74. The Kier molecular flexibility index (Phi) is 6.03. The van der Waals surface area contributed by atoms with Crippen LogP contribution in [0.1, 0.15) is 33.6 Å². The van der Waals surface area contributed by atoms with Gasteiger partial charge in [-0.1, -0.05) is 17.7 Å². The van der Waals surface area contributed by atoms with Crippen LogP contribution in [0.25, 0.3) is 11.2 Å². The second kappa shape index (κ2) is 8.16. The van der Waals surface area contributed by atoms with Gasteiger partial charge < -0.3 is 14.2 Å². The van der Waals surface area contributed by atoms with E-state index >= 15 is 0 Å². The number of carbonyl (C=O) groups is 3. The summed E-state index contributed by atoms with van der Waals surface area (Å²) in [4.78, 5) is 52.0. The van der Waals surface area contributed by atoms with Crippen molar-refractivity contribution in [1.29, 1.82) is 0 Å². The van der Waals surface area contributed by atoms with E-state index in [9.17, 15) is 14.4 Å². The highest BCUT2D eigenvalue weighted by Crippen LogP contribution is 2.55. The van der Waals surface area contributed by atoms with E-state index in [0.29, 0.717) is 0 Å². The lowest BCUT2D eigenvalue weighted by Gasteiger charge is -2.36. The number of fused-ring (bicyclic) bond motifs is 1. The summed E-state index contributed by atoms with van der Waals surface area (Å²) < 4.78 is 17.1. The van der Waals surface area contributed by atoms with Gasteiger partial charge in [0.25, 0.3) is 0 Å². The molecule has 2 aromatic rings. The summed E-state index contributed by atoms with van der Waals surface area (Å²) in [6.45, 7) is 9.01. The third kappa shape index (κ3) is 3.52. The van der Waals surface area contributed by atoms with Gasteiger partial charge in [0.15, 0.2) is 21.8 Å². The van der Waals surface area contributed by atoms with Crippen LogP contribution >= 0.6 is 11.6 Å². The standard InChI is InChI=1S/C21H25ClN4O6/c1-7-12-8-20(16(27)30-5,17(28)31-6)9-21(12,18(29)32-19(2,3)4)26-11-25-13-14(22)23-10-24-15(13)26/h7,10-12H,1,8-9H2,2-6H3/t12-,21-/m1/s1. The molecule has 11 heteroatoms. The van der Waals surface area contributed by atoms with Crippen molar-refractivity contribution in [2.24, 2.45) is 11.3 Å². The molecular weight excluding hydrogens is 440 g/mol. The van der Waals surface area contributed by atoms with E-state index in [1.54, 1.807) is 20.8 Å². The van der Waals surface area contributed by atoms with E-state index in [-0.39, 0.29) is 29.2 Å². The number of carbonyl (C=O) groups excluding carboxylic acids is 3. The number of halogens is 1. The van der Waals surface area contributed by atoms with Crippen molar-refractivity contribution in [3.63, 3.8) is 0 Å². The van der Waals surface area contributed by atoms with Crippen molar-refractivity contribution >= 4 is 40.7 Å². The maximum atomic E-state index is 13.8. The largest absolute Gasteiger partial charge is 0.468 e. The van der Waals surface area contributed by atoms with Crippen molar-refractivity contribution in [3.05, 3.63) is 30.5 Å². The fourth-order valence-corrected chi connectivity index (χ4v) is 4.50. The summed E-state index contributed by atoms with van der Waals surface area (Å²) >= 11 is 6.17. The number of hydrogen-bond donors (Lipinski definition) is 0. The number of hydrogen-bond acceptors (Lipinski definition) is 9. The average Bonchev–Trinajstić information content (AvgIpc) is 3.33. The highest BCUT2D eigenvalue weighted by Gasteiger charge is 2.67. The third-order valence-electron chi connectivity index (χ3n) is 5.66. The number of allylic oxidation sites excluding steroid dienone is 1. The molecule has 0 saturated heterocycles. The van der Waals surface area contributed by atoms with Gasteiger partial charge >= 0.3 is 17.9 Å². The minimum atomic E-state index is -1.77. The Morgan fingerprint density at radius 2 is 1.78 bits per heavy atom. The second-order valence-corrected chi connectivity index (χ2v) is 9.02. The van der Waals surface area contributed by atoms with Crippen LogP contribution in [-0.4, -0.2) is 57.2 Å². The van der Waals surface area contributed by atoms with Crippen LogP contribution in [0.4, 0.5) is 0 Å². The summed E-state index contributed by atoms with van der Waals surface area (Å²) in [6, 6.07) is 0. The van der Waals surface area contributed by atoms with Crippen LogP contribution < -0.4 is 0 Å². The molecule has 2 atom stereocenters. The van der Waals surface area contributed by atoms with E-state index < -0.39 is 40.4 Å². The molecule has 1 saturated carbocycles. The van der Waals surface area contributed by atoms with Crippen molar-refractivity contribution in [2.45, 2.75) is 44.8 Å². The van der Waals surface area contributed by atoms with Crippen LogP contribution in [0.3, 0.4) is 0 Å². The first kappa shape index (κ1) is 23.6. The molecule has 172 valence electrons. The molecule has 2 aromatic heterocycles. The molecule has 32 heavy (non-hydrogen) atoms. The zero-order valence-corrected chi connectivity index (χ0v) is 19.3. The van der Waals surface area contributed by atoms with Crippen LogP contribution in [0.15, 0.2) is 25.3 Å². The first-order valence-corrected chi connectivity index (χ1v) is 10.2. The number of nitrogens with zero attached hydrogens (tertiary/aromatic N) is 4. The van der Waals surface area contributed by atoms with Gasteiger partial charge in [0.05, 0.1) is 20.5 Å². The minimum Gasteiger partial charge on any atom is -0.468 e. The Bertz CT molecular complexity index is 1080. The van der Waals surface area contributed by atoms with Crippen molar-refractivity contribution in [3.8, 4) is 0 Å². The first-order chi connectivity index (χ1) is 15.0. The molecule has 1 fully saturated rings. The predicted octanol–water partition coefficient (Wildman–Crippen LogP) is 2.45. The fraction of sp³-hybridized carbons (Fsp3) is 0.524. The number of esters is 3. The van der Waals surface area contributed by atoms with Crippen LogP contribution in [0, 0.1) is 11.3 Å². The lowest BCUT2D eigenvalue weighted by atomic mass is 9.82. The molecule has 0 unspecified atom stereocenters. The predicted molar refractivity (Wildman–Crippen MR) is 114 cm³/mol. The second-order valence-electron chi connectivity index (χ2n) is 8.67. The Morgan fingerprint density at radius 3 is 2.31 bits per heavy atom. The monoisotopic (exact) mass is 464 g/mol. The van der Waals surface area contributed by atoms with Gasteiger partial charge in [-0.2, -0.15) is 0 Å². The number of imidazole rings is 1. The van der Waals surface area contributed by atoms with Crippen LogP contribution in [0.2, 0.25) is 5.15 Å². The smallest absolute Gasteiger partial charge is 0.333 e. The van der Waals surface area contributed by atoms with E-state index in [2.05, 4.69) is 21.5 Å². The van der Waals surface area contributed by atoms with Gasteiger partial charge in [-0.3, -0.25) is 14.2 Å². The summed E-state index contributed by atoms with van der Waals surface area (Å²) in [6.07, 6.45) is 3.71. The molecule has 3 rings (SSSR count). The maximum Gasteiger partial charge on any atom is 0.333 e. The van der Waals surface area contributed by atoms with Gasteiger partial charge in [0, 0.05) is 12.3 Å². The lowest BCUT2D eigenvalue weighted by Crippen LogP contribution is -2.49. The molecule has 1 aliphatic rings. The van der Waals surface area contributed by atoms with Gasteiger partial charge in [-0.25, -0.2) is 19.7 Å². The molecule has 2 heterocycles. The van der Waals surface area contributed by atoms with Gasteiger partial charge in [0.2, 0.25) is 0 Å². The Hall–Kier alpha value is -3.01. The fourth-order valence-electron chi connectivity index (χ4n) is 4.32. The molecule has 0 spiro atoms. The zero-order chi connectivity index (χ0) is 23.9. The maximum absolute atomic E-state index is 13.8. The molecule has 10 nitrogen and oxygen atoms in total. The number of methoxy groups -OCH3 is 2. The van der Waals surface area contributed by atoms with Crippen molar-refractivity contribution in [2.75, 3.05) is 14.2 Å². The molecular formula is C21H25ClN4O6. The van der Waals surface area contributed by atoms with Gasteiger partial charge in [-0.15, -0.1) is 6.58 Å². The van der Waals surface area contributed by atoms with E-state index in [4.69, 9.17) is 25.8 Å². The third-order valence-corrected chi connectivity index (χ3v) is 5.94. The average molecular weight is 465 g/mol. The normalized spacial score (nSPS) is 22.4. The molecule has 0 amide bonds. The molecule has 0 N–H and O–H groups in total. The first-order valence-electron chi connectivity index (χ1n) is 9.83. The van der Waals surface area contributed by atoms with Gasteiger partial charge in [0.1, 0.15) is 17.4 Å². The molecule has 1 aliphatic carbocycles.